The van der Waals surface area contributed by atoms with Gasteiger partial charge in [-0.1, -0.05) is 17.7 Å². The van der Waals surface area contributed by atoms with Gasteiger partial charge in [0.15, 0.2) is 0 Å². The number of aliphatic imine (C=N–C) groups is 1. The number of rotatable bonds is 5. The van der Waals surface area contributed by atoms with Gasteiger partial charge in [0, 0.05) is 49.6 Å². The molecule has 1 aromatic heterocycles. The van der Waals surface area contributed by atoms with Crippen LogP contribution in [-0.4, -0.2) is 107 Å². The van der Waals surface area contributed by atoms with E-state index in [4.69, 9.17) is 21.3 Å². The molecule has 272 valence electrons. The number of hydrogen-bond donors (Lipinski definition) is 1. The minimum absolute atomic E-state index is 0.0514. The van der Waals surface area contributed by atoms with Gasteiger partial charge >= 0.3 is 6.18 Å². The molecule has 12 nitrogen and oxygen atoms in total. The first kappa shape index (κ1) is 36.5. The number of guanidine groups is 1. The second-order valence-electron chi connectivity index (χ2n) is 13.1. The van der Waals surface area contributed by atoms with Crippen LogP contribution in [0.5, 0.6) is 0 Å². The number of nitrogens with one attached hydrogen (secondary N) is 1. The molecule has 16 heteroatoms. The number of benzene rings is 1. The number of hydrazine groups is 1. The highest BCUT2D eigenvalue weighted by Gasteiger charge is 2.54. The van der Waals surface area contributed by atoms with E-state index in [1.807, 2.05) is 34.9 Å². The predicted molar refractivity (Wildman–Crippen MR) is 183 cm³/mol. The summed E-state index contributed by atoms with van der Waals surface area (Å²) in [5, 5.41) is 6.30. The van der Waals surface area contributed by atoms with Gasteiger partial charge in [-0.2, -0.15) is 18.2 Å². The van der Waals surface area contributed by atoms with E-state index in [0.717, 1.165) is 66.6 Å². The van der Waals surface area contributed by atoms with Crippen LogP contribution in [-0.2, 0) is 20.5 Å². The van der Waals surface area contributed by atoms with Crippen molar-refractivity contribution < 1.29 is 32.3 Å². The quantitative estimate of drug-likeness (QED) is 0.332. The van der Waals surface area contributed by atoms with Crippen LogP contribution < -0.4 is 5.32 Å². The van der Waals surface area contributed by atoms with E-state index in [0.29, 0.717) is 56.5 Å². The molecule has 2 aromatic rings. The zero-order chi connectivity index (χ0) is 36.5. The van der Waals surface area contributed by atoms with Gasteiger partial charge in [0.2, 0.25) is 5.96 Å². The topological polar surface area (TPSA) is 124 Å². The number of amides is 2. The molecule has 1 N–H and O–H groups in total. The lowest BCUT2D eigenvalue weighted by Crippen LogP contribution is -2.59. The monoisotopic (exact) mass is 728 g/mol. The number of aryl methyl sites for hydroxylation is 1. The summed E-state index contributed by atoms with van der Waals surface area (Å²) in [6.45, 7) is 4.26. The largest absolute Gasteiger partial charge is 0.416 e. The van der Waals surface area contributed by atoms with Gasteiger partial charge in [0.1, 0.15) is 24.5 Å². The number of nitrogens with zero attached hydrogens (tertiary/aromatic N) is 7. The van der Waals surface area contributed by atoms with Crippen LogP contribution in [0.3, 0.4) is 0 Å². The molecule has 51 heavy (non-hydrogen) atoms. The standard InChI is InChI=1S/C27H33N7O4.C8H7ClF3N/c1-18-16-20(29-17-28-18)24(36)32-10-8-27(9-11-32)7-3-4-21-22(27)25(37)34-26(33(21)12-13-35)30-23(31(34)2)19-5-14-38-15-6-19;1-13-7-3-2-5(4-6(7)9)8(10,11)12/h5,13,16-17,23H,3-4,6-12,14-15H2,1-2H3;2-4,13H,1H3. The molecule has 1 unspecified atom stereocenters. The first-order valence-corrected chi connectivity index (χ1v) is 17.2. The molecular weight excluding hydrogens is 689 g/mol. The van der Waals surface area contributed by atoms with Crippen molar-refractivity contribution in [2.45, 2.75) is 57.8 Å². The molecule has 1 fully saturated rings. The number of likely N-dealkylation sites (tertiary alicyclic amines) is 1. The number of fused-ring (bicyclic) bond motifs is 2. The van der Waals surface area contributed by atoms with Gasteiger partial charge in [-0.25, -0.2) is 20.0 Å². The lowest BCUT2D eigenvalue weighted by molar-refractivity contribution is -0.138. The number of hydrogen-bond acceptors (Lipinski definition) is 10. The molecule has 0 saturated carbocycles. The van der Waals surface area contributed by atoms with Gasteiger partial charge in [-0.05, 0) is 75.3 Å². The van der Waals surface area contributed by atoms with Crippen LogP contribution in [0.2, 0.25) is 5.02 Å². The normalized spacial score (nSPS) is 21.7. The van der Waals surface area contributed by atoms with Crippen molar-refractivity contribution in [2.24, 2.45) is 10.4 Å². The number of ether oxygens (including phenoxy) is 1. The summed E-state index contributed by atoms with van der Waals surface area (Å²) < 4.78 is 41.9. The van der Waals surface area contributed by atoms with E-state index < -0.39 is 11.7 Å². The van der Waals surface area contributed by atoms with Crippen LogP contribution >= 0.6 is 11.6 Å². The summed E-state index contributed by atoms with van der Waals surface area (Å²) in [5.74, 6) is 0.378. The number of allylic oxidation sites excluding steroid dienone is 1. The number of likely N-dealkylation sites (N-methyl/N-ethyl adjacent to an activating group) is 1. The average Bonchev–Trinajstić information content (AvgIpc) is 3.47. The van der Waals surface area contributed by atoms with E-state index in [1.54, 1.807) is 18.1 Å². The molecule has 2 amide bonds. The number of aldehydes is 1. The predicted octanol–water partition coefficient (Wildman–Crippen LogP) is 5.08. The average molecular weight is 729 g/mol. The Balaban J connectivity index is 0.000000292. The SMILES string of the molecule is CNc1ccc(C(F)(F)F)cc1Cl.Cc1cc(C(=O)N2CCC3(CCCC4=C3C(=O)N3C(=NC(C5=CCOCC5)N3C)N4CC=O)CC2)ncn1. The maximum Gasteiger partial charge on any atom is 0.416 e. The van der Waals surface area contributed by atoms with Gasteiger partial charge in [0.05, 0.1) is 36.0 Å². The Morgan fingerprint density at radius 2 is 1.92 bits per heavy atom. The molecule has 0 bridgehead atoms. The molecular formula is C35H40ClF3N8O4. The second-order valence-corrected chi connectivity index (χ2v) is 13.5. The fraction of sp³-hybridized carbons (Fsp3) is 0.486. The third-order valence-corrected chi connectivity index (χ3v) is 10.5. The first-order chi connectivity index (χ1) is 24.4. The highest BCUT2D eigenvalue weighted by atomic mass is 35.5. The minimum atomic E-state index is -4.34. The minimum Gasteiger partial charge on any atom is -0.387 e. The maximum atomic E-state index is 14.3. The molecule has 5 aliphatic rings. The Hall–Kier alpha value is -4.34. The van der Waals surface area contributed by atoms with Gasteiger partial charge in [-0.3, -0.25) is 9.59 Å². The number of halogens is 4. The molecule has 4 aliphatic heterocycles. The lowest BCUT2D eigenvalue weighted by Gasteiger charge is -2.50. The van der Waals surface area contributed by atoms with Crippen molar-refractivity contribution in [2.75, 3.05) is 52.3 Å². The van der Waals surface area contributed by atoms with Crippen molar-refractivity contribution in [3.05, 3.63) is 75.5 Å². The van der Waals surface area contributed by atoms with Crippen molar-refractivity contribution in [1.82, 2.24) is 29.8 Å². The third-order valence-electron chi connectivity index (χ3n) is 10.1. The zero-order valence-corrected chi connectivity index (χ0v) is 29.4. The fourth-order valence-corrected chi connectivity index (χ4v) is 7.82. The van der Waals surface area contributed by atoms with Crippen molar-refractivity contribution in [3.8, 4) is 0 Å². The van der Waals surface area contributed by atoms with Crippen LogP contribution in [0.25, 0.3) is 0 Å². The fourth-order valence-electron chi connectivity index (χ4n) is 7.54. The van der Waals surface area contributed by atoms with Crippen LogP contribution in [0.1, 0.15) is 60.3 Å². The number of carbonyl (C=O) groups excluding carboxylic acids is 3. The molecule has 7 rings (SSSR count). The molecule has 1 spiro atoms. The summed E-state index contributed by atoms with van der Waals surface area (Å²) in [6.07, 6.45) is 4.41. The number of carbonyl (C=O) groups is 3. The van der Waals surface area contributed by atoms with E-state index in [1.165, 1.54) is 12.4 Å². The summed E-state index contributed by atoms with van der Waals surface area (Å²) in [7, 11) is 3.48. The van der Waals surface area contributed by atoms with Crippen LogP contribution in [0, 0.1) is 12.3 Å². The summed E-state index contributed by atoms with van der Waals surface area (Å²) >= 11 is 5.57. The van der Waals surface area contributed by atoms with Crippen molar-refractivity contribution in [1.29, 1.82) is 0 Å². The number of anilines is 1. The Morgan fingerprint density at radius 1 is 1.16 bits per heavy atom. The molecule has 1 saturated heterocycles. The number of piperidine rings is 1. The smallest absolute Gasteiger partial charge is 0.387 e. The van der Waals surface area contributed by atoms with Gasteiger partial charge in [-0.15, -0.1) is 0 Å². The van der Waals surface area contributed by atoms with E-state index in [-0.39, 0.29) is 35.0 Å². The summed E-state index contributed by atoms with van der Waals surface area (Å²) in [5.41, 5.74) is 3.39. The Morgan fingerprint density at radius 3 is 2.55 bits per heavy atom. The molecule has 0 radical (unpaired) electrons. The summed E-state index contributed by atoms with van der Waals surface area (Å²) in [4.78, 5) is 56.2. The van der Waals surface area contributed by atoms with E-state index in [2.05, 4.69) is 15.3 Å². The van der Waals surface area contributed by atoms with Crippen LogP contribution in [0.4, 0.5) is 18.9 Å². The molecule has 1 aromatic carbocycles. The third kappa shape index (κ3) is 7.11. The number of alkyl halides is 3. The Bertz CT molecular complexity index is 1790. The summed E-state index contributed by atoms with van der Waals surface area (Å²) in [6, 6.07) is 4.89. The van der Waals surface area contributed by atoms with Crippen molar-refractivity contribution in [3.63, 3.8) is 0 Å². The zero-order valence-electron chi connectivity index (χ0n) is 28.7. The molecule has 1 atom stereocenters. The van der Waals surface area contributed by atoms with Crippen molar-refractivity contribution >= 4 is 41.3 Å². The van der Waals surface area contributed by atoms with Crippen LogP contribution in [0.15, 0.2) is 58.5 Å². The van der Waals surface area contributed by atoms with E-state index >= 15 is 0 Å². The molecule has 1 aliphatic carbocycles. The Labute approximate surface area is 299 Å². The lowest BCUT2D eigenvalue weighted by atomic mass is 9.64. The Kier molecular flexibility index (Phi) is 10.5. The van der Waals surface area contributed by atoms with E-state index in [9.17, 15) is 27.6 Å². The highest BCUT2D eigenvalue weighted by molar-refractivity contribution is 6.33. The van der Waals surface area contributed by atoms with Gasteiger partial charge in [0.25, 0.3) is 11.8 Å². The number of aromatic nitrogens is 2. The first-order valence-electron chi connectivity index (χ1n) is 16.9. The highest BCUT2D eigenvalue weighted by Crippen LogP contribution is 2.52. The molecule has 5 heterocycles. The second kappa shape index (κ2) is 14.7. The maximum absolute atomic E-state index is 14.3. The van der Waals surface area contributed by atoms with Gasteiger partial charge < -0.3 is 24.6 Å².